The lowest BCUT2D eigenvalue weighted by molar-refractivity contribution is -0.120. The first-order chi connectivity index (χ1) is 25.5. The molecule has 2 atom stereocenters. The van der Waals surface area contributed by atoms with E-state index in [2.05, 4.69) is 15.6 Å². The number of nitrogens with zero attached hydrogens (tertiary/aromatic N) is 3. The fourth-order valence-electron chi connectivity index (χ4n) is 7.21. The summed E-state index contributed by atoms with van der Waals surface area (Å²) >= 11 is 0. The SMILES string of the molecule is Cc1ccc(C)c(C(=O)N2CCC[C@H]2C(=O)Nc2ccc(-c3cnc(-c4ccc(NC(=O)[C@@H]5CCCN5C(=O)c5cc(C)ccc5C)cc4)o3)cc2)c1. The Balaban J connectivity index is 0.957. The fourth-order valence-corrected chi connectivity index (χ4v) is 7.21. The summed E-state index contributed by atoms with van der Waals surface area (Å²) in [4.78, 5) is 61.3. The molecule has 2 saturated heterocycles. The van der Waals surface area contributed by atoms with Crippen LogP contribution in [0.3, 0.4) is 0 Å². The third-order valence-corrected chi connectivity index (χ3v) is 10.2. The van der Waals surface area contributed by atoms with Gasteiger partial charge in [-0.05, 0) is 125 Å². The summed E-state index contributed by atoms with van der Waals surface area (Å²) in [5.41, 5.74) is 7.84. The van der Waals surface area contributed by atoms with Crippen molar-refractivity contribution in [3.8, 4) is 22.8 Å². The normalized spacial score (nSPS) is 16.8. The maximum absolute atomic E-state index is 13.4. The number of aromatic nitrogens is 1. The molecular formula is C43H43N5O5. The van der Waals surface area contributed by atoms with Gasteiger partial charge in [0.25, 0.3) is 11.8 Å². The highest BCUT2D eigenvalue weighted by atomic mass is 16.4. The average molecular weight is 710 g/mol. The predicted octanol–water partition coefficient (Wildman–Crippen LogP) is 7.73. The summed E-state index contributed by atoms with van der Waals surface area (Å²) in [5, 5.41) is 5.96. The molecule has 0 aliphatic carbocycles. The van der Waals surface area contributed by atoms with E-state index in [1.54, 1.807) is 40.3 Å². The van der Waals surface area contributed by atoms with Gasteiger partial charge in [0.1, 0.15) is 12.1 Å². The van der Waals surface area contributed by atoms with Crippen molar-refractivity contribution in [3.63, 3.8) is 0 Å². The molecule has 2 aliphatic heterocycles. The first-order valence-corrected chi connectivity index (χ1v) is 18.1. The Kier molecular flexibility index (Phi) is 9.95. The maximum Gasteiger partial charge on any atom is 0.254 e. The predicted molar refractivity (Wildman–Crippen MR) is 205 cm³/mol. The Morgan fingerprint density at radius 1 is 0.623 bits per heavy atom. The topological polar surface area (TPSA) is 125 Å². The quantitative estimate of drug-likeness (QED) is 0.170. The van der Waals surface area contributed by atoms with Gasteiger partial charge in [-0.3, -0.25) is 19.2 Å². The van der Waals surface area contributed by atoms with E-state index in [4.69, 9.17) is 4.42 Å². The van der Waals surface area contributed by atoms with E-state index in [1.165, 1.54) is 0 Å². The zero-order valence-electron chi connectivity index (χ0n) is 30.4. The van der Waals surface area contributed by atoms with Gasteiger partial charge in [-0.2, -0.15) is 0 Å². The Morgan fingerprint density at radius 2 is 1.08 bits per heavy atom. The fraction of sp³-hybridized carbons (Fsp3) is 0.279. The summed E-state index contributed by atoms with van der Waals surface area (Å²) in [6, 6.07) is 25.1. The Bertz CT molecular complexity index is 2040. The van der Waals surface area contributed by atoms with E-state index in [9.17, 15) is 19.2 Å². The number of carbonyl (C=O) groups is 4. The largest absolute Gasteiger partial charge is 0.436 e. The molecule has 4 aromatic carbocycles. The molecule has 0 saturated carbocycles. The minimum Gasteiger partial charge on any atom is -0.436 e. The highest BCUT2D eigenvalue weighted by Gasteiger charge is 2.36. The third kappa shape index (κ3) is 7.48. The van der Waals surface area contributed by atoms with Crippen molar-refractivity contribution in [2.75, 3.05) is 23.7 Å². The summed E-state index contributed by atoms with van der Waals surface area (Å²) in [6.07, 6.45) is 4.42. The Hall–Kier alpha value is -6.03. The van der Waals surface area contributed by atoms with E-state index in [0.29, 0.717) is 60.1 Å². The van der Waals surface area contributed by atoms with Crippen LogP contribution in [0.15, 0.2) is 95.5 Å². The van der Waals surface area contributed by atoms with Gasteiger partial charge >= 0.3 is 0 Å². The molecule has 2 N–H and O–H groups in total. The van der Waals surface area contributed by atoms with E-state index in [1.807, 2.05) is 88.4 Å². The molecule has 270 valence electrons. The molecule has 2 aliphatic rings. The van der Waals surface area contributed by atoms with Crippen LogP contribution in [0.25, 0.3) is 22.8 Å². The van der Waals surface area contributed by atoms with Gasteiger partial charge in [0.15, 0.2) is 5.76 Å². The van der Waals surface area contributed by atoms with Crippen LogP contribution in [-0.2, 0) is 9.59 Å². The Morgan fingerprint density at radius 3 is 1.55 bits per heavy atom. The molecule has 10 nitrogen and oxygen atoms in total. The van der Waals surface area contributed by atoms with Crippen LogP contribution in [0.1, 0.15) is 68.7 Å². The molecular weight excluding hydrogens is 667 g/mol. The molecule has 0 radical (unpaired) electrons. The van der Waals surface area contributed by atoms with Crippen LogP contribution < -0.4 is 10.6 Å². The van der Waals surface area contributed by atoms with Crippen LogP contribution in [0, 0.1) is 27.7 Å². The van der Waals surface area contributed by atoms with Crippen LogP contribution in [-0.4, -0.2) is 63.6 Å². The number of aryl methyl sites for hydroxylation is 4. The lowest BCUT2D eigenvalue weighted by Gasteiger charge is -2.25. The number of oxazole rings is 1. The summed E-state index contributed by atoms with van der Waals surface area (Å²) in [7, 11) is 0. The standard InChI is InChI=1S/C43H43N5O5/c1-26-9-11-28(3)34(23-26)42(51)47-21-5-7-36(47)39(49)45-32-17-13-30(14-18-32)38-25-44-41(53-38)31-15-19-33(20-16-31)46-40(50)37-8-6-22-48(37)43(52)35-24-27(2)10-12-29(35)4/h9-20,23-25,36-37H,5-8,21-22H2,1-4H3,(H,45,49)(H,46,50)/t36-,37-/m0/s1. The van der Waals surface area contributed by atoms with Gasteiger partial charge in [0, 0.05) is 46.7 Å². The second-order valence-corrected chi connectivity index (χ2v) is 14.1. The third-order valence-electron chi connectivity index (χ3n) is 10.2. The number of nitrogens with one attached hydrogen (secondary N) is 2. The van der Waals surface area contributed by atoms with Crippen LogP contribution in [0.2, 0.25) is 0 Å². The van der Waals surface area contributed by atoms with E-state index in [-0.39, 0.29) is 23.6 Å². The van der Waals surface area contributed by atoms with Crippen LogP contribution in [0.4, 0.5) is 11.4 Å². The monoisotopic (exact) mass is 709 g/mol. The van der Waals surface area contributed by atoms with Gasteiger partial charge in [-0.15, -0.1) is 0 Å². The number of anilines is 2. The number of amides is 4. The van der Waals surface area contributed by atoms with Crippen molar-refractivity contribution in [2.45, 2.75) is 65.5 Å². The smallest absolute Gasteiger partial charge is 0.254 e. The van der Waals surface area contributed by atoms with Crippen molar-refractivity contribution < 1.29 is 23.6 Å². The number of hydrogen-bond donors (Lipinski definition) is 2. The lowest BCUT2D eigenvalue weighted by Crippen LogP contribution is -2.43. The highest BCUT2D eigenvalue weighted by Crippen LogP contribution is 2.30. The molecule has 5 aromatic rings. The number of hydrogen-bond acceptors (Lipinski definition) is 6. The molecule has 53 heavy (non-hydrogen) atoms. The molecule has 7 rings (SSSR count). The van der Waals surface area contributed by atoms with E-state index in [0.717, 1.165) is 46.2 Å². The van der Waals surface area contributed by atoms with Crippen molar-refractivity contribution in [1.82, 2.24) is 14.8 Å². The van der Waals surface area contributed by atoms with Crippen LogP contribution >= 0.6 is 0 Å². The molecule has 0 unspecified atom stereocenters. The summed E-state index contributed by atoms with van der Waals surface area (Å²) in [5.74, 6) is 0.339. The van der Waals surface area contributed by atoms with Gasteiger partial charge < -0.3 is 24.9 Å². The lowest BCUT2D eigenvalue weighted by atomic mass is 10.0. The van der Waals surface area contributed by atoms with E-state index >= 15 is 0 Å². The number of carbonyl (C=O) groups excluding carboxylic acids is 4. The summed E-state index contributed by atoms with van der Waals surface area (Å²) < 4.78 is 6.09. The number of likely N-dealkylation sites (tertiary alicyclic amines) is 2. The van der Waals surface area contributed by atoms with Gasteiger partial charge in [-0.25, -0.2) is 4.98 Å². The van der Waals surface area contributed by atoms with Crippen molar-refractivity contribution >= 4 is 35.0 Å². The average Bonchev–Trinajstić information content (AvgIpc) is 3.96. The molecule has 0 bridgehead atoms. The van der Waals surface area contributed by atoms with Gasteiger partial charge in [-0.1, -0.05) is 35.4 Å². The van der Waals surface area contributed by atoms with Gasteiger partial charge in [0.2, 0.25) is 17.7 Å². The molecule has 2 fully saturated rings. The molecule has 10 heteroatoms. The van der Waals surface area contributed by atoms with Crippen molar-refractivity contribution in [3.05, 3.63) is 125 Å². The molecule has 4 amide bonds. The minimum atomic E-state index is -0.536. The maximum atomic E-state index is 13.4. The zero-order chi connectivity index (χ0) is 37.2. The van der Waals surface area contributed by atoms with Crippen LogP contribution in [0.5, 0.6) is 0 Å². The second-order valence-electron chi connectivity index (χ2n) is 14.1. The Labute approximate surface area is 309 Å². The van der Waals surface area contributed by atoms with Crippen molar-refractivity contribution in [1.29, 1.82) is 0 Å². The van der Waals surface area contributed by atoms with Crippen molar-refractivity contribution in [2.24, 2.45) is 0 Å². The number of rotatable bonds is 8. The highest BCUT2D eigenvalue weighted by molar-refractivity contribution is 6.03. The van der Waals surface area contributed by atoms with E-state index < -0.39 is 12.1 Å². The molecule has 1 aromatic heterocycles. The first kappa shape index (κ1) is 35.4. The zero-order valence-corrected chi connectivity index (χ0v) is 30.4. The molecule has 0 spiro atoms. The second kappa shape index (κ2) is 14.9. The molecule has 3 heterocycles. The van der Waals surface area contributed by atoms with Gasteiger partial charge in [0.05, 0.1) is 6.20 Å². The minimum absolute atomic E-state index is 0.113. The first-order valence-electron chi connectivity index (χ1n) is 18.1. The summed E-state index contributed by atoms with van der Waals surface area (Å²) in [6.45, 7) is 8.83. The number of benzene rings is 4.